The zero-order chi connectivity index (χ0) is 13.8. The van der Waals surface area contributed by atoms with Crippen molar-refractivity contribution in [3.63, 3.8) is 0 Å². The lowest BCUT2D eigenvalue weighted by atomic mass is 9.72. The second kappa shape index (κ2) is 7.05. The van der Waals surface area contributed by atoms with Gasteiger partial charge in [0.15, 0.2) is 0 Å². The van der Waals surface area contributed by atoms with Crippen molar-refractivity contribution in [2.24, 2.45) is 23.5 Å². The first kappa shape index (κ1) is 15.3. The Morgan fingerprint density at radius 3 is 2.58 bits per heavy atom. The van der Waals surface area contributed by atoms with Crippen LogP contribution in [0.4, 0.5) is 0 Å². The number of ether oxygens (including phenoxy) is 1. The Kier molecular flexibility index (Phi) is 5.67. The molecule has 3 heteroatoms. The van der Waals surface area contributed by atoms with Crippen molar-refractivity contribution in [1.82, 2.24) is 4.90 Å². The fraction of sp³-hybridized carbons (Fsp3) is 1.00. The molecule has 0 spiro atoms. The number of rotatable bonds is 5. The Morgan fingerprint density at radius 1 is 1.21 bits per heavy atom. The molecule has 0 aromatic heterocycles. The molecule has 2 aliphatic rings. The van der Waals surface area contributed by atoms with Gasteiger partial charge in [0.1, 0.15) is 0 Å². The van der Waals surface area contributed by atoms with Gasteiger partial charge in [-0.1, -0.05) is 20.8 Å². The van der Waals surface area contributed by atoms with Gasteiger partial charge in [-0.3, -0.25) is 0 Å². The summed E-state index contributed by atoms with van der Waals surface area (Å²) in [6, 6.07) is 0.386. The largest absolute Gasteiger partial charge is 0.377 e. The van der Waals surface area contributed by atoms with Crippen LogP contribution in [0.5, 0.6) is 0 Å². The molecule has 2 N–H and O–H groups in total. The maximum Gasteiger partial charge on any atom is 0.0702 e. The van der Waals surface area contributed by atoms with E-state index in [-0.39, 0.29) is 0 Å². The van der Waals surface area contributed by atoms with E-state index in [2.05, 4.69) is 25.7 Å². The van der Waals surface area contributed by atoms with Gasteiger partial charge in [-0.2, -0.15) is 0 Å². The van der Waals surface area contributed by atoms with E-state index in [9.17, 15) is 0 Å². The highest BCUT2D eigenvalue weighted by Crippen LogP contribution is 2.33. The van der Waals surface area contributed by atoms with Crippen molar-refractivity contribution >= 4 is 0 Å². The Labute approximate surface area is 118 Å². The molecule has 1 aliphatic heterocycles. The van der Waals surface area contributed by atoms with Crippen LogP contribution in [0.1, 0.15) is 46.5 Å². The fourth-order valence-electron chi connectivity index (χ4n) is 3.99. The molecule has 5 atom stereocenters. The minimum Gasteiger partial charge on any atom is -0.377 e. The number of nitrogens with zero attached hydrogens (tertiary/aromatic N) is 1. The third kappa shape index (κ3) is 4.17. The van der Waals surface area contributed by atoms with Gasteiger partial charge in [0.2, 0.25) is 0 Å². The third-order valence-corrected chi connectivity index (χ3v) is 5.13. The molecular formula is C16H32N2O. The Morgan fingerprint density at radius 2 is 2.00 bits per heavy atom. The molecule has 0 aromatic rings. The number of hydrogen-bond donors (Lipinski definition) is 1. The van der Waals surface area contributed by atoms with Crippen LogP contribution in [0.3, 0.4) is 0 Å². The molecule has 1 aliphatic carbocycles. The van der Waals surface area contributed by atoms with Crippen LogP contribution < -0.4 is 5.73 Å². The van der Waals surface area contributed by atoms with Crippen LogP contribution in [0.15, 0.2) is 0 Å². The average Bonchev–Trinajstić information content (AvgIpc) is 2.84. The SMILES string of the molecule is CCN(CC1CCCO1)CC1C(C)CC(C)CC1N. The van der Waals surface area contributed by atoms with Crippen molar-refractivity contribution in [3.05, 3.63) is 0 Å². The Hall–Kier alpha value is -0.120. The predicted molar refractivity (Wildman–Crippen MR) is 80.1 cm³/mol. The molecule has 2 fully saturated rings. The minimum atomic E-state index is 0.386. The first-order valence-corrected chi connectivity index (χ1v) is 8.19. The zero-order valence-electron chi connectivity index (χ0n) is 13.0. The first-order valence-electron chi connectivity index (χ1n) is 8.19. The van der Waals surface area contributed by atoms with E-state index < -0.39 is 0 Å². The number of hydrogen-bond acceptors (Lipinski definition) is 3. The summed E-state index contributed by atoms with van der Waals surface area (Å²) in [5.41, 5.74) is 6.41. The van der Waals surface area contributed by atoms with E-state index in [1.165, 1.54) is 25.7 Å². The zero-order valence-corrected chi connectivity index (χ0v) is 13.0. The molecule has 2 rings (SSSR count). The minimum absolute atomic E-state index is 0.386. The van der Waals surface area contributed by atoms with E-state index in [0.717, 1.165) is 38.1 Å². The van der Waals surface area contributed by atoms with Crippen LogP contribution in [-0.4, -0.2) is 43.3 Å². The molecule has 0 bridgehead atoms. The summed E-state index contributed by atoms with van der Waals surface area (Å²) in [4.78, 5) is 2.56. The lowest BCUT2D eigenvalue weighted by molar-refractivity contribution is 0.0542. The second-order valence-electron chi connectivity index (χ2n) is 6.87. The van der Waals surface area contributed by atoms with Gasteiger partial charge in [0, 0.05) is 25.7 Å². The summed E-state index contributed by atoms with van der Waals surface area (Å²) >= 11 is 0. The number of nitrogens with two attached hydrogens (primary N) is 1. The van der Waals surface area contributed by atoms with Crippen LogP contribution in [-0.2, 0) is 4.74 Å². The van der Waals surface area contributed by atoms with E-state index >= 15 is 0 Å². The van der Waals surface area contributed by atoms with Gasteiger partial charge in [0.25, 0.3) is 0 Å². The van der Waals surface area contributed by atoms with Gasteiger partial charge in [-0.05, 0) is 50.0 Å². The summed E-state index contributed by atoms with van der Waals surface area (Å²) in [5.74, 6) is 2.23. The smallest absolute Gasteiger partial charge is 0.0702 e. The standard InChI is InChI=1S/C16H32N2O/c1-4-18(10-14-6-5-7-19-14)11-15-13(3)8-12(2)9-16(15)17/h12-16H,4-11,17H2,1-3H3. The van der Waals surface area contributed by atoms with Gasteiger partial charge in [-0.25, -0.2) is 0 Å². The van der Waals surface area contributed by atoms with E-state index in [1.54, 1.807) is 0 Å². The van der Waals surface area contributed by atoms with E-state index in [1.807, 2.05) is 0 Å². The summed E-state index contributed by atoms with van der Waals surface area (Å²) in [7, 11) is 0. The highest BCUT2D eigenvalue weighted by Gasteiger charge is 2.33. The summed E-state index contributed by atoms with van der Waals surface area (Å²) < 4.78 is 5.77. The molecule has 1 heterocycles. The molecule has 3 nitrogen and oxygen atoms in total. The molecule has 0 radical (unpaired) electrons. The third-order valence-electron chi connectivity index (χ3n) is 5.13. The van der Waals surface area contributed by atoms with Gasteiger partial charge in [-0.15, -0.1) is 0 Å². The monoisotopic (exact) mass is 268 g/mol. The summed E-state index contributed by atoms with van der Waals surface area (Å²) in [6.45, 7) is 11.3. The quantitative estimate of drug-likeness (QED) is 0.832. The topological polar surface area (TPSA) is 38.5 Å². The molecule has 1 saturated carbocycles. The van der Waals surface area contributed by atoms with Crippen LogP contribution in [0, 0.1) is 17.8 Å². The van der Waals surface area contributed by atoms with E-state index in [0.29, 0.717) is 18.1 Å². The van der Waals surface area contributed by atoms with Crippen molar-refractivity contribution in [2.45, 2.75) is 58.6 Å². The maximum absolute atomic E-state index is 6.41. The molecule has 112 valence electrons. The highest BCUT2D eigenvalue weighted by molar-refractivity contribution is 4.87. The van der Waals surface area contributed by atoms with Crippen molar-refractivity contribution < 1.29 is 4.74 Å². The normalized spacial score (nSPS) is 39.9. The molecule has 5 unspecified atom stereocenters. The Bertz CT molecular complexity index is 253. The first-order chi connectivity index (χ1) is 9.10. The molecule has 19 heavy (non-hydrogen) atoms. The predicted octanol–water partition coefficient (Wildman–Crippen LogP) is 2.50. The van der Waals surface area contributed by atoms with Crippen molar-refractivity contribution in [2.75, 3.05) is 26.2 Å². The highest BCUT2D eigenvalue weighted by atomic mass is 16.5. The lowest BCUT2D eigenvalue weighted by Crippen LogP contribution is -2.47. The Balaban J connectivity index is 1.85. The van der Waals surface area contributed by atoms with Crippen LogP contribution in [0.2, 0.25) is 0 Å². The van der Waals surface area contributed by atoms with Gasteiger partial charge < -0.3 is 15.4 Å². The molecule has 0 aromatic carbocycles. The average molecular weight is 268 g/mol. The summed E-state index contributed by atoms with van der Waals surface area (Å²) in [6.07, 6.45) is 5.48. The van der Waals surface area contributed by atoms with Gasteiger partial charge >= 0.3 is 0 Å². The second-order valence-corrected chi connectivity index (χ2v) is 6.87. The van der Waals surface area contributed by atoms with Crippen molar-refractivity contribution in [3.8, 4) is 0 Å². The van der Waals surface area contributed by atoms with E-state index in [4.69, 9.17) is 10.5 Å². The van der Waals surface area contributed by atoms with Crippen LogP contribution >= 0.6 is 0 Å². The lowest BCUT2D eigenvalue weighted by Gasteiger charge is -2.40. The molecular weight excluding hydrogens is 236 g/mol. The fourth-order valence-corrected chi connectivity index (χ4v) is 3.99. The van der Waals surface area contributed by atoms with Crippen molar-refractivity contribution in [1.29, 1.82) is 0 Å². The number of likely N-dealkylation sites (N-methyl/N-ethyl adjacent to an activating group) is 1. The molecule has 1 saturated heterocycles. The molecule has 0 amide bonds. The maximum atomic E-state index is 6.41. The summed E-state index contributed by atoms with van der Waals surface area (Å²) in [5, 5.41) is 0. The van der Waals surface area contributed by atoms with Gasteiger partial charge in [0.05, 0.1) is 6.10 Å². The van der Waals surface area contributed by atoms with Crippen LogP contribution in [0.25, 0.3) is 0 Å².